The van der Waals surface area contributed by atoms with Gasteiger partial charge in [0.1, 0.15) is 11.8 Å². The topological polar surface area (TPSA) is 86.6 Å². The molecule has 0 bridgehead atoms. The van der Waals surface area contributed by atoms with Crippen LogP contribution < -0.4 is 5.32 Å². The molecule has 0 saturated carbocycles. The van der Waals surface area contributed by atoms with Gasteiger partial charge in [0.05, 0.1) is 5.56 Å². The van der Waals surface area contributed by atoms with E-state index in [-0.39, 0.29) is 17.7 Å². The number of phenolic OH excluding ortho intramolecular Hbond substituents is 1. The van der Waals surface area contributed by atoms with Crippen LogP contribution in [-0.4, -0.2) is 28.1 Å². The Hall–Kier alpha value is -1.75. The Bertz CT molecular complexity index is 447. The van der Waals surface area contributed by atoms with Crippen LogP contribution in [0.3, 0.4) is 0 Å². The van der Waals surface area contributed by atoms with Gasteiger partial charge in [0.25, 0.3) is 5.91 Å². The number of nitrogens with one attached hydrogen (secondary N) is 1. The van der Waals surface area contributed by atoms with Crippen LogP contribution in [-0.2, 0) is 4.79 Å². The molecule has 1 rings (SSSR count). The number of amides is 1. The molecule has 17 heavy (non-hydrogen) atoms. The minimum Gasteiger partial charge on any atom is -0.507 e. The van der Waals surface area contributed by atoms with E-state index in [0.29, 0.717) is 5.02 Å². The second kappa shape index (κ2) is 5.54. The maximum Gasteiger partial charge on any atom is 0.326 e. The molecule has 5 nitrogen and oxygen atoms in total. The third kappa shape index (κ3) is 3.35. The molecule has 0 aliphatic heterocycles. The van der Waals surface area contributed by atoms with E-state index in [1.807, 2.05) is 0 Å². The first-order valence-electron chi connectivity index (χ1n) is 4.98. The largest absolute Gasteiger partial charge is 0.507 e. The van der Waals surface area contributed by atoms with Gasteiger partial charge in [0.2, 0.25) is 0 Å². The summed E-state index contributed by atoms with van der Waals surface area (Å²) in [6.07, 6.45) is 0.259. The molecular weight excluding hydrogens is 246 g/mol. The van der Waals surface area contributed by atoms with Crippen LogP contribution >= 0.6 is 11.6 Å². The summed E-state index contributed by atoms with van der Waals surface area (Å²) in [5, 5.41) is 20.9. The van der Waals surface area contributed by atoms with Gasteiger partial charge in [-0.25, -0.2) is 4.79 Å². The number of halogens is 1. The predicted molar refractivity (Wildman–Crippen MR) is 62.3 cm³/mol. The highest BCUT2D eigenvalue weighted by atomic mass is 35.5. The van der Waals surface area contributed by atoms with E-state index in [2.05, 4.69) is 5.32 Å². The lowest BCUT2D eigenvalue weighted by Crippen LogP contribution is -2.40. The van der Waals surface area contributed by atoms with E-state index in [1.54, 1.807) is 6.92 Å². The molecule has 0 fully saturated rings. The van der Waals surface area contributed by atoms with Gasteiger partial charge in [-0.05, 0) is 24.6 Å². The van der Waals surface area contributed by atoms with Crippen molar-refractivity contribution >= 4 is 23.5 Å². The maximum absolute atomic E-state index is 11.7. The fourth-order valence-corrected chi connectivity index (χ4v) is 1.44. The Morgan fingerprint density at radius 3 is 2.59 bits per heavy atom. The Morgan fingerprint density at radius 2 is 2.12 bits per heavy atom. The third-order valence-electron chi connectivity index (χ3n) is 2.22. The fourth-order valence-electron chi connectivity index (χ4n) is 1.27. The van der Waals surface area contributed by atoms with Crippen LogP contribution in [0, 0.1) is 0 Å². The highest BCUT2D eigenvalue weighted by molar-refractivity contribution is 6.30. The number of carboxylic acid groups (broad SMARTS) is 1. The van der Waals surface area contributed by atoms with E-state index in [9.17, 15) is 14.7 Å². The van der Waals surface area contributed by atoms with Crippen molar-refractivity contribution in [2.45, 2.75) is 19.4 Å². The van der Waals surface area contributed by atoms with Gasteiger partial charge in [-0.2, -0.15) is 0 Å². The minimum absolute atomic E-state index is 0.00546. The number of carbonyl (C=O) groups is 2. The number of hydrogen-bond acceptors (Lipinski definition) is 3. The zero-order chi connectivity index (χ0) is 13.0. The number of aliphatic carboxylic acids is 1. The van der Waals surface area contributed by atoms with E-state index in [1.165, 1.54) is 18.2 Å². The summed E-state index contributed by atoms with van der Waals surface area (Å²) < 4.78 is 0. The van der Waals surface area contributed by atoms with Crippen LogP contribution in [0.25, 0.3) is 0 Å². The summed E-state index contributed by atoms with van der Waals surface area (Å²) in [4.78, 5) is 22.4. The monoisotopic (exact) mass is 257 g/mol. The number of carboxylic acids is 1. The average molecular weight is 258 g/mol. The Kier molecular flexibility index (Phi) is 4.34. The Morgan fingerprint density at radius 1 is 1.47 bits per heavy atom. The number of benzene rings is 1. The molecular formula is C11H12ClNO4. The molecule has 3 N–H and O–H groups in total. The number of hydrogen-bond donors (Lipinski definition) is 3. The van der Waals surface area contributed by atoms with Crippen molar-refractivity contribution in [1.29, 1.82) is 0 Å². The van der Waals surface area contributed by atoms with Crippen LogP contribution in [0.4, 0.5) is 0 Å². The number of aromatic hydroxyl groups is 1. The van der Waals surface area contributed by atoms with Crippen molar-refractivity contribution in [3.63, 3.8) is 0 Å². The summed E-state index contributed by atoms with van der Waals surface area (Å²) in [6, 6.07) is 3.02. The molecule has 0 aliphatic carbocycles. The Labute approximate surface area is 103 Å². The van der Waals surface area contributed by atoms with Crippen molar-refractivity contribution in [3.05, 3.63) is 28.8 Å². The zero-order valence-corrected chi connectivity index (χ0v) is 9.86. The van der Waals surface area contributed by atoms with E-state index in [4.69, 9.17) is 16.7 Å². The lowest BCUT2D eigenvalue weighted by Gasteiger charge is -2.12. The van der Waals surface area contributed by atoms with Crippen molar-refractivity contribution in [1.82, 2.24) is 5.32 Å². The summed E-state index contributed by atoms with van der Waals surface area (Å²) >= 11 is 5.62. The van der Waals surface area contributed by atoms with Crippen molar-refractivity contribution < 1.29 is 19.8 Å². The quantitative estimate of drug-likeness (QED) is 0.765. The van der Waals surface area contributed by atoms with Gasteiger partial charge >= 0.3 is 5.97 Å². The minimum atomic E-state index is -1.12. The van der Waals surface area contributed by atoms with Crippen LogP contribution in [0.1, 0.15) is 23.7 Å². The van der Waals surface area contributed by atoms with E-state index in [0.717, 1.165) is 0 Å². The predicted octanol–water partition coefficient (Wildman–Crippen LogP) is 1.64. The first kappa shape index (κ1) is 13.3. The number of phenols is 1. The number of carbonyl (C=O) groups excluding carboxylic acids is 1. The van der Waals surface area contributed by atoms with E-state index >= 15 is 0 Å². The molecule has 92 valence electrons. The fraction of sp³-hybridized carbons (Fsp3) is 0.273. The summed E-state index contributed by atoms with van der Waals surface area (Å²) in [6.45, 7) is 1.64. The Balaban J connectivity index is 2.86. The lowest BCUT2D eigenvalue weighted by atomic mass is 10.1. The second-order valence-electron chi connectivity index (χ2n) is 3.43. The van der Waals surface area contributed by atoms with E-state index < -0.39 is 17.9 Å². The van der Waals surface area contributed by atoms with Crippen molar-refractivity contribution in [2.75, 3.05) is 0 Å². The van der Waals surface area contributed by atoms with Gasteiger partial charge in [-0.15, -0.1) is 0 Å². The van der Waals surface area contributed by atoms with Crippen molar-refractivity contribution in [2.24, 2.45) is 0 Å². The highest BCUT2D eigenvalue weighted by Crippen LogP contribution is 2.21. The van der Waals surface area contributed by atoms with Crippen LogP contribution in [0.2, 0.25) is 5.02 Å². The molecule has 0 aliphatic rings. The van der Waals surface area contributed by atoms with Gasteiger partial charge in [-0.1, -0.05) is 18.5 Å². The first-order chi connectivity index (χ1) is 7.95. The molecule has 0 saturated heterocycles. The SMILES string of the molecule is CC[C@H](NC(=O)c1ccc(Cl)cc1O)C(=O)O. The highest BCUT2D eigenvalue weighted by Gasteiger charge is 2.20. The summed E-state index contributed by atoms with van der Waals surface area (Å²) in [5.74, 6) is -2.04. The maximum atomic E-state index is 11.7. The molecule has 0 heterocycles. The zero-order valence-electron chi connectivity index (χ0n) is 9.11. The molecule has 1 amide bonds. The molecule has 6 heteroatoms. The lowest BCUT2D eigenvalue weighted by molar-refractivity contribution is -0.139. The van der Waals surface area contributed by atoms with Gasteiger partial charge in [-0.3, -0.25) is 4.79 Å². The molecule has 1 aromatic carbocycles. The number of rotatable bonds is 4. The molecule has 0 radical (unpaired) electrons. The van der Waals surface area contributed by atoms with Gasteiger partial charge < -0.3 is 15.5 Å². The smallest absolute Gasteiger partial charge is 0.326 e. The second-order valence-corrected chi connectivity index (χ2v) is 3.87. The van der Waals surface area contributed by atoms with Gasteiger partial charge in [0.15, 0.2) is 0 Å². The average Bonchev–Trinajstić information content (AvgIpc) is 2.24. The van der Waals surface area contributed by atoms with Gasteiger partial charge in [0, 0.05) is 5.02 Å². The van der Waals surface area contributed by atoms with Crippen LogP contribution in [0.15, 0.2) is 18.2 Å². The normalized spacial score (nSPS) is 11.9. The van der Waals surface area contributed by atoms with Crippen molar-refractivity contribution in [3.8, 4) is 5.75 Å². The molecule has 1 atom stereocenters. The van der Waals surface area contributed by atoms with Crippen LogP contribution in [0.5, 0.6) is 5.75 Å². The molecule has 0 spiro atoms. The third-order valence-corrected chi connectivity index (χ3v) is 2.45. The standard InChI is InChI=1S/C11H12ClNO4/c1-2-8(11(16)17)13-10(15)7-4-3-6(12)5-9(7)14/h3-5,8,14H,2H2,1H3,(H,13,15)(H,16,17)/t8-/m0/s1. The molecule has 0 aromatic heterocycles. The first-order valence-corrected chi connectivity index (χ1v) is 5.35. The summed E-state index contributed by atoms with van der Waals surface area (Å²) in [5.41, 5.74) is -0.00546. The molecule has 0 unspecified atom stereocenters. The molecule has 1 aromatic rings. The summed E-state index contributed by atoms with van der Waals surface area (Å²) in [7, 11) is 0.